The second-order valence-electron chi connectivity index (χ2n) is 8.08. The van der Waals surface area contributed by atoms with E-state index in [1.54, 1.807) is 13.8 Å². The van der Waals surface area contributed by atoms with Crippen LogP contribution in [0.5, 0.6) is 0 Å². The molecular formula is C25H30N2O5. The lowest BCUT2D eigenvalue weighted by Gasteiger charge is -2.28. The smallest absolute Gasteiger partial charge is 0.407 e. The SMILES string of the molecule is CCN(C(=O)C(C)CCNC(=O)OCC1c2ccccc2-c2ccccc21)C(C)C(=O)O. The van der Waals surface area contributed by atoms with Gasteiger partial charge < -0.3 is 20.1 Å². The summed E-state index contributed by atoms with van der Waals surface area (Å²) in [4.78, 5) is 37.3. The van der Waals surface area contributed by atoms with Crippen molar-refractivity contribution < 1.29 is 24.2 Å². The van der Waals surface area contributed by atoms with Crippen LogP contribution in [0.25, 0.3) is 11.1 Å². The van der Waals surface area contributed by atoms with Gasteiger partial charge in [-0.1, -0.05) is 55.5 Å². The zero-order valence-electron chi connectivity index (χ0n) is 18.7. The number of alkyl carbamates (subject to hydrolysis) is 1. The Morgan fingerprint density at radius 1 is 1.03 bits per heavy atom. The summed E-state index contributed by atoms with van der Waals surface area (Å²) >= 11 is 0. The van der Waals surface area contributed by atoms with Crippen LogP contribution in [0.2, 0.25) is 0 Å². The summed E-state index contributed by atoms with van der Waals surface area (Å²) in [5.74, 6) is -1.70. The van der Waals surface area contributed by atoms with Gasteiger partial charge >= 0.3 is 12.1 Å². The first-order valence-corrected chi connectivity index (χ1v) is 11.0. The molecule has 0 spiro atoms. The molecule has 0 aromatic heterocycles. The van der Waals surface area contributed by atoms with Gasteiger partial charge in [-0.2, -0.15) is 0 Å². The number of hydrogen-bond donors (Lipinski definition) is 2. The molecule has 1 aliphatic rings. The maximum Gasteiger partial charge on any atom is 0.407 e. The number of amides is 2. The Morgan fingerprint density at radius 2 is 1.59 bits per heavy atom. The monoisotopic (exact) mass is 438 g/mol. The molecule has 170 valence electrons. The number of nitrogens with one attached hydrogen (secondary N) is 1. The molecule has 32 heavy (non-hydrogen) atoms. The summed E-state index contributed by atoms with van der Waals surface area (Å²) < 4.78 is 5.50. The van der Waals surface area contributed by atoms with E-state index in [0.717, 1.165) is 11.1 Å². The minimum Gasteiger partial charge on any atom is -0.480 e. The first-order chi connectivity index (χ1) is 15.3. The number of nitrogens with zero attached hydrogens (tertiary/aromatic N) is 1. The van der Waals surface area contributed by atoms with E-state index < -0.39 is 24.0 Å². The molecular weight excluding hydrogens is 408 g/mol. The van der Waals surface area contributed by atoms with Crippen molar-refractivity contribution >= 4 is 18.0 Å². The molecule has 2 amide bonds. The minimum absolute atomic E-state index is 0.00994. The Kier molecular flexibility index (Phi) is 7.51. The van der Waals surface area contributed by atoms with Gasteiger partial charge in [0.25, 0.3) is 0 Å². The van der Waals surface area contributed by atoms with E-state index in [-0.39, 0.29) is 25.0 Å². The summed E-state index contributed by atoms with van der Waals surface area (Å²) in [6.07, 6.45) is -0.135. The van der Waals surface area contributed by atoms with Crippen molar-refractivity contribution in [3.05, 3.63) is 59.7 Å². The number of aliphatic carboxylic acids is 1. The minimum atomic E-state index is -1.04. The Hall–Kier alpha value is -3.35. The Morgan fingerprint density at radius 3 is 2.12 bits per heavy atom. The van der Waals surface area contributed by atoms with E-state index in [1.807, 2.05) is 24.3 Å². The third kappa shape index (κ3) is 4.93. The molecule has 2 N–H and O–H groups in total. The van der Waals surface area contributed by atoms with Gasteiger partial charge in [-0.3, -0.25) is 4.79 Å². The lowest BCUT2D eigenvalue weighted by Crippen LogP contribution is -2.45. The van der Waals surface area contributed by atoms with E-state index >= 15 is 0 Å². The molecule has 0 saturated heterocycles. The van der Waals surface area contributed by atoms with Crippen molar-refractivity contribution in [3.63, 3.8) is 0 Å². The number of carboxylic acid groups (broad SMARTS) is 1. The molecule has 7 heteroatoms. The Bertz CT molecular complexity index is 944. The van der Waals surface area contributed by atoms with Gasteiger partial charge in [0.1, 0.15) is 12.6 Å². The first kappa shape index (κ1) is 23.3. The fraction of sp³-hybridized carbons (Fsp3) is 0.400. The molecule has 0 radical (unpaired) electrons. The van der Waals surface area contributed by atoms with Crippen molar-refractivity contribution in [1.29, 1.82) is 0 Å². The van der Waals surface area contributed by atoms with Gasteiger partial charge in [-0.05, 0) is 42.5 Å². The number of carboxylic acids is 1. The standard InChI is InChI=1S/C25H30N2O5/c1-4-27(17(3)24(29)30)23(28)16(2)13-14-26-25(31)32-15-22-20-11-7-5-9-18(20)19-10-6-8-12-21(19)22/h5-12,16-17,22H,4,13-15H2,1-3H3,(H,26,31)(H,29,30). The fourth-order valence-corrected chi connectivity index (χ4v) is 4.20. The molecule has 0 aliphatic heterocycles. The molecule has 3 rings (SSSR count). The summed E-state index contributed by atoms with van der Waals surface area (Å²) in [5, 5.41) is 11.9. The Balaban J connectivity index is 1.50. The molecule has 2 aromatic rings. The second-order valence-corrected chi connectivity index (χ2v) is 8.08. The predicted octanol–water partition coefficient (Wildman–Crippen LogP) is 3.87. The van der Waals surface area contributed by atoms with E-state index in [0.29, 0.717) is 13.0 Å². The van der Waals surface area contributed by atoms with E-state index in [4.69, 9.17) is 9.84 Å². The molecule has 2 aromatic carbocycles. The Labute approximate surface area is 188 Å². The van der Waals surface area contributed by atoms with Crippen LogP contribution < -0.4 is 5.32 Å². The highest BCUT2D eigenvalue weighted by molar-refractivity contribution is 5.84. The first-order valence-electron chi connectivity index (χ1n) is 11.0. The number of hydrogen-bond acceptors (Lipinski definition) is 4. The van der Waals surface area contributed by atoms with E-state index in [2.05, 4.69) is 29.6 Å². The fourth-order valence-electron chi connectivity index (χ4n) is 4.20. The van der Waals surface area contributed by atoms with Gasteiger partial charge in [0.05, 0.1) is 0 Å². The van der Waals surface area contributed by atoms with Gasteiger partial charge in [0, 0.05) is 24.9 Å². The van der Waals surface area contributed by atoms with Crippen LogP contribution in [0.15, 0.2) is 48.5 Å². The molecule has 0 heterocycles. The average Bonchev–Trinajstić information content (AvgIpc) is 3.11. The number of likely N-dealkylation sites (N-methyl/N-ethyl adjacent to an activating group) is 1. The van der Waals surface area contributed by atoms with E-state index in [9.17, 15) is 14.4 Å². The summed E-state index contributed by atoms with van der Waals surface area (Å²) in [6, 6.07) is 15.4. The largest absolute Gasteiger partial charge is 0.480 e. The topological polar surface area (TPSA) is 95.9 Å². The van der Waals surface area contributed by atoms with Gasteiger partial charge in [0.2, 0.25) is 5.91 Å². The van der Waals surface area contributed by atoms with Crippen molar-refractivity contribution in [3.8, 4) is 11.1 Å². The third-order valence-corrected chi connectivity index (χ3v) is 6.06. The van der Waals surface area contributed by atoms with Crippen LogP contribution >= 0.6 is 0 Å². The van der Waals surface area contributed by atoms with Crippen LogP contribution in [0.3, 0.4) is 0 Å². The number of ether oxygens (including phenoxy) is 1. The van der Waals surface area contributed by atoms with Gasteiger partial charge in [-0.25, -0.2) is 9.59 Å². The van der Waals surface area contributed by atoms with Crippen LogP contribution in [-0.2, 0) is 14.3 Å². The third-order valence-electron chi connectivity index (χ3n) is 6.06. The summed E-state index contributed by atoms with van der Waals surface area (Å²) in [7, 11) is 0. The number of carbonyl (C=O) groups excluding carboxylic acids is 2. The van der Waals surface area contributed by atoms with Crippen LogP contribution in [0, 0.1) is 5.92 Å². The van der Waals surface area contributed by atoms with Gasteiger partial charge in [-0.15, -0.1) is 0 Å². The molecule has 2 unspecified atom stereocenters. The van der Waals surface area contributed by atoms with E-state index in [1.165, 1.54) is 23.0 Å². The highest BCUT2D eigenvalue weighted by Gasteiger charge is 2.29. The lowest BCUT2D eigenvalue weighted by molar-refractivity contribution is -0.150. The number of fused-ring (bicyclic) bond motifs is 3. The maximum atomic E-state index is 12.5. The molecule has 0 saturated carbocycles. The zero-order chi connectivity index (χ0) is 23.3. The predicted molar refractivity (Wildman–Crippen MR) is 121 cm³/mol. The molecule has 2 atom stereocenters. The van der Waals surface area contributed by atoms with Crippen molar-refractivity contribution in [2.24, 2.45) is 5.92 Å². The number of carbonyl (C=O) groups is 3. The quantitative estimate of drug-likeness (QED) is 0.620. The van der Waals surface area contributed by atoms with Crippen molar-refractivity contribution in [2.45, 2.75) is 39.2 Å². The van der Waals surface area contributed by atoms with Crippen LogP contribution in [0.4, 0.5) is 4.79 Å². The average molecular weight is 439 g/mol. The zero-order valence-corrected chi connectivity index (χ0v) is 18.7. The van der Waals surface area contributed by atoms with Crippen molar-refractivity contribution in [2.75, 3.05) is 19.7 Å². The highest BCUT2D eigenvalue weighted by atomic mass is 16.5. The second kappa shape index (κ2) is 10.3. The lowest BCUT2D eigenvalue weighted by atomic mass is 9.98. The number of rotatable bonds is 9. The van der Waals surface area contributed by atoms with Crippen LogP contribution in [-0.4, -0.2) is 53.7 Å². The van der Waals surface area contributed by atoms with Gasteiger partial charge in [0.15, 0.2) is 0 Å². The molecule has 7 nitrogen and oxygen atoms in total. The molecule has 0 fully saturated rings. The molecule has 0 bridgehead atoms. The molecule has 1 aliphatic carbocycles. The van der Waals surface area contributed by atoms with Crippen LogP contribution in [0.1, 0.15) is 44.2 Å². The summed E-state index contributed by atoms with van der Waals surface area (Å²) in [6.45, 7) is 5.79. The summed E-state index contributed by atoms with van der Waals surface area (Å²) in [5.41, 5.74) is 4.63. The maximum absolute atomic E-state index is 12.5. The highest BCUT2D eigenvalue weighted by Crippen LogP contribution is 2.44. The van der Waals surface area contributed by atoms with Crippen molar-refractivity contribution in [1.82, 2.24) is 10.2 Å². The number of benzene rings is 2. The normalized spacial score (nSPS) is 14.1.